The highest BCUT2D eigenvalue weighted by Crippen LogP contribution is 2.33. The zero-order chi connectivity index (χ0) is 10.7. The molecule has 3 heteroatoms. The molecule has 0 bridgehead atoms. The molecule has 0 aromatic rings. The average molecular weight is 199 g/mol. The molecule has 1 unspecified atom stereocenters. The maximum absolute atomic E-state index is 11.1. The van der Waals surface area contributed by atoms with Crippen LogP contribution in [0.1, 0.15) is 34.1 Å². The lowest BCUT2D eigenvalue weighted by Crippen LogP contribution is -2.14. The summed E-state index contributed by atoms with van der Waals surface area (Å²) in [6.07, 6.45) is 0.529. The molecule has 3 nitrogen and oxygen atoms in total. The molecule has 14 heavy (non-hydrogen) atoms. The summed E-state index contributed by atoms with van der Waals surface area (Å²) in [7, 11) is 0. The third-order valence-electron chi connectivity index (χ3n) is 2.87. The standard InChI is InChI=1S/C11H21NO2/c1-5-14-10(13)6-7-12-9(4)11(12)8(2)3/h8-9,11H,5-7H2,1-4H3/t9-,11-,12?/m1/s1. The molecule has 82 valence electrons. The zero-order valence-corrected chi connectivity index (χ0v) is 9.62. The molecule has 0 aromatic carbocycles. The third-order valence-corrected chi connectivity index (χ3v) is 2.87. The van der Waals surface area contributed by atoms with E-state index in [9.17, 15) is 4.79 Å². The highest BCUT2D eigenvalue weighted by atomic mass is 16.5. The Labute approximate surface area is 86.4 Å². The van der Waals surface area contributed by atoms with Gasteiger partial charge in [0, 0.05) is 18.6 Å². The second-order valence-electron chi connectivity index (χ2n) is 4.27. The topological polar surface area (TPSA) is 29.3 Å². The van der Waals surface area contributed by atoms with Gasteiger partial charge in [0.05, 0.1) is 13.0 Å². The van der Waals surface area contributed by atoms with Gasteiger partial charge in [-0.2, -0.15) is 0 Å². The number of carbonyl (C=O) groups is 1. The van der Waals surface area contributed by atoms with Crippen molar-refractivity contribution in [1.29, 1.82) is 0 Å². The summed E-state index contributed by atoms with van der Waals surface area (Å²) in [6, 6.07) is 1.31. The molecule has 0 radical (unpaired) electrons. The number of hydrogen-bond donors (Lipinski definition) is 0. The van der Waals surface area contributed by atoms with Gasteiger partial charge in [0.1, 0.15) is 0 Å². The smallest absolute Gasteiger partial charge is 0.307 e. The van der Waals surface area contributed by atoms with Gasteiger partial charge in [-0.05, 0) is 19.8 Å². The Bertz CT molecular complexity index is 203. The predicted molar refractivity (Wildman–Crippen MR) is 56.0 cm³/mol. The summed E-state index contributed by atoms with van der Waals surface area (Å²) in [6.45, 7) is 9.85. The molecule has 1 aliphatic rings. The largest absolute Gasteiger partial charge is 0.466 e. The second kappa shape index (κ2) is 4.78. The summed E-state index contributed by atoms with van der Waals surface area (Å²) >= 11 is 0. The maximum atomic E-state index is 11.1. The van der Waals surface area contributed by atoms with Crippen molar-refractivity contribution < 1.29 is 9.53 Å². The minimum absolute atomic E-state index is 0.0749. The first-order chi connectivity index (χ1) is 6.57. The van der Waals surface area contributed by atoms with Crippen LogP contribution >= 0.6 is 0 Å². The number of ether oxygens (including phenoxy) is 1. The zero-order valence-electron chi connectivity index (χ0n) is 9.62. The van der Waals surface area contributed by atoms with Crippen molar-refractivity contribution in [2.45, 2.75) is 46.2 Å². The van der Waals surface area contributed by atoms with Gasteiger partial charge < -0.3 is 4.74 Å². The molecule has 1 heterocycles. The van der Waals surface area contributed by atoms with Gasteiger partial charge in [-0.25, -0.2) is 0 Å². The summed E-state index contributed by atoms with van der Waals surface area (Å²) in [5, 5.41) is 0. The Kier molecular flexibility index (Phi) is 3.93. The molecule has 1 fully saturated rings. The molecule has 1 saturated heterocycles. The van der Waals surface area contributed by atoms with E-state index in [1.807, 2.05) is 6.92 Å². The fourth-order valence-corrected chi connectivity index (χ4v) is 2.18. The van der Waals surface area contributed by atoms with Crippen LogP contribution in [0.5, 0.6) is 0 Å². The molecule has 1 aliphatic heterocycles. The van der Waals surface area contributed by atoms with Crippen molar-refractivity contribution in [3.05, 3.63) is 0 Å². The molecule has 0 aliphatic carbocycles. The average Bonchev–Trinajstić information content (AvgIpc) is 2.74. The van der Waals surface area contributed by atoms with E-state index in [1.54, 1.807) is 0 Å². The van der Waals surface area contributed by atoms with E-state index in [1.165, 1.54) is 0 Å². The first kappa shape index (κ1) is 11.5. The van der Waals surface area contributed by atoms with Gasteiger partial charge >= 0.3 is 5.97 Å². The molecule has 0 N–H and O–H groups in total. The Balaban J connectivity index is 2.18. The normalized spacial score (nSPS) is 30.5. The van der Waals surface area contributed by atoms with Crippen molar-refractivity contribution in [2.75, 3.05) is 13.2 Å². The minimum atomic E-state index is -0.0749. The molecule has 1 rings (SSSR count). The molecular weight excluding hydrogens is 178 g/mol. The Morgan fingerprint density at radius 2 is 2.14 bits per heavy atom. The van der Waals surface area contributed by atoms with E-state index < -0.39 is 0 Å². The second-order valence-corrected chi connectivity index (χ2v) is 4.27. The highest BCUT2D eigenvalue weighted by molar-refractivity contribution is 5.69. The van der Waals surface area contributed by atoms with Crippen LogP contribution in [-0.4, -0.2) is 36.1 Å². The van der Waals surface area contributed by atoms with Crippen LogP contribution in [-0.2, 0) is 9.53 Å². The van der Waals surface area contributed by atoms with E-state index in [0.29, 0.717) is 31.0 Å². The van der Waals surface area contributed by atoms with Gasteiger partial charge in [-0.3, -0.25) is 9.69 Å². The minimum Gasteiger partial charge on any atom is -0.466 e. The lowest BCUT2D eigenvalue weighted by molar-refractivity contribution is -0.143. The Morgan fingerprint density at radius 1 is 1.50 bits per heavy atom. The highest BCUT2D eigenvalue weighted by Gasteiger charge is 2.44. The molecule has 0 aromatic heterocycles. The van der Waals surface area contributed by atoms with Crippen molar-refractivity contribution >= 4 is 5.97 Å². The fourth-order valence-electron chi connectivity index (χ4n) is 2.18. The van der Waals surface area contributed by atoms with Gasteiger partial charge in [0.15, 0.2) is 0 Å². The van der Waals surface area contributed by atoms with Crippen LogP contribution < -0.4 is 0 Å². The first-order valence-electron chi connectivity index (χ1n) is 5.49. The third kappa shape index (κ3) is 2.71. The van der Waals surface area contributed by atoms with Crippen LogP contribution in [0.15, 0.2) is 0 Å². The quantitative estimate of drug-likeness (QED) is 0.498. The summed E-state index contributed by atoms with van der Waals surface area (Å²) in [5.74, 6) is 0.612. The molecule has 0 amide bonds. The van der Waals surface area contributed by atoms with Crippen LogP contribution in [0.3, 0.4) is 0 Å². The van der Waals surface area contributed by atoms with Crippen molar-refractivity contribution in [3.63, 3.8) is 0 Å². The van der Waals surface area contributed by atoms with E-state index in [0.717, 1.165) is 6.54 Å². The molecule has 0 saturated carbocycles. The molecule has 3 atom stereocenters. The van der Waals surface area contributed by atoms with E-state index in [4.69, 9.17) is 4.74 Å². The fraction of sp³-hybridized carbons (Fsp3) is 0.909. The number of rotatable bonds is 5. The van der Waals surface area contributed by atoms with Crippen LogP contribution in [0.25, 0.3) is 0 Å². The summed E-state index contributed by atoms with van der Waals surface area (Å²) in [4.78, 5) is 13.5. The van der Waals surface area contributed by atoms with E-state index >= 15 is 0 Å². The Morgan fingerprint density at radius 3 is 2.57 bits per heavy atom. The van der Waals surface area contributed by atoms with Gasteiger partial charge in [-0.15, -0.1) is 0 Å². The predicted octanol–water partition coefficient (Wildman–Crippen LogP) is 1.67. The van der Waals surface area contributed by atoms with Crippen molar-refractivity contribution in [2.24, 2.45) is 5.92 Å². The summed E-state index contributed by atoms with van der Waals surface area (Å²) < 4.78 is 4.89. The number of esters is 1. The molecule has 0 spiro atoms. The lowest BCUT2D eigenvalue weighted by Gasteiger charge is -2.05. The van der Waals surface area contributed by atoms with Crippen LogP contribution in [0, 0.1) is 5.92 Å². The maximum Gasteiger partial charge on any atom is 0.307 e. The van der Waals surface area contributed by atoms with E-state index in [-0.39, 0.29) is 5.97 Å². The first-order valence-corrected chi connectivity index (χ1v) is 5.49. The van der Waals surface area contributed by atoms with Crippen LogP contribution in [0.4, 0.5) is 0 Å². The number of carbonyl (C=O) groups excluding carboxylic acids is 1. The number of hydrogen-bond acceptors (Lipinski definition) is 3. The van der Waals surface area contributed by atoms with E-state index in [2.05, 4.69) is 25.7 Å². The van der Waals surface area contributed by atoms with Crippen molar-refractivity contribution in [3.8, 4) is 0 Å². The van der Waals surface area contributed by atoms with Gasteiger partial charge in [0.2, 0.25) is 0 Å². The SMILES string of the molecule is CCOC(=O)CCN1[C@H](C)[C@H]1C(C)C. The molecular formula is C11H21NO2. The van der Waals surface area contributed by atoms with Gasteiger partial charge in [-0.1, -0.05) is 13.8 Å². The van der Waals surface area contributed by atoms with Crippen molar-refractivity contribution in [1.82, 2.24) is 4.90 Å². The lowest BCUT2D eigenvalue weighted by atomic mass is 10.1. The number of nitrogens with zero attached hydrogens (tertiary/aromatic N) is 1. The Hall–Kier alpha value is -0.570. The van der Waals surface area contributed by atoms with Crippen LogP contribution in [0.2, 0.25) is 0 Å². The monoisotopic (exact) mass is 199 g/mol. The summed E-state index contributed by atoms with van der Waals surface area (Å²) in [5.41, 5.74) is 0. The van der Waals surface area contributed by atoms with Gasteiger partial charge in [0.25, 0.3) is 0 Å².